The van der Waals surface area contributed by atoms with E-state index in [0.29, 0.717) is 0 Å². The summed E-state index contributed by atoms with van der Waals surface area (Å²) in [6, 6.07) is 9.52. The predicted octanol–water partition coefficient (Wildman–Crippen LogP) is 7.63. The molecule has 1 aromatic rings. The summed E-state index contributed by atoms with van der Waals surface area (Å²) in [5.41, 5.74) is 3.24. The van der Waals surface area contributed by atoms with Crippen LogP contribution in [0, 0.1) is 11.8 Å². The Hall–Kier alpha value is -0.820. The topological polar surface area (TPSA) is 3.24 Å². The third kappa shape index (κ3) is 8.68. The van der Waals surface area contributed by atoms with Crippen LogP contribution in [0.1, 0.15) is 104 Å². The van der Waals surface area contributed by atoms with Crippen molar-refractivity contribution in [2.45, 2.75) is 104 Å². The molecule has 1 aromatic carbocycles. The van der Waals surface area contributed by atoms with Gasteiger partial charge in [-0.1, -0.05) is 97.4 Å². The first-order valence-electron chi connectivity index (χ1n) is 12.2. The Bertz CT molecular complexity index is 524. The van der Waals surface area contributed by atoms with Gasteiger partial charge in [0.1, 0.15) is 0 Å². The van der Waals surface area contributed by atoms with E-state index in [0.717, 1.165) is 11.8 Å². The van der Waals surface area contributed by atoms with Gasteiger partial charge in [-0.05, 0) is 60.6 Å². The second-order valence-corrected chi connectivity index (χ2v) is 10.6. The van der Waals surface area contributed by atoms with Crippen molar-refractivity contribution in [1.82, 2.24) is 4.90 Å². The van der Waals surface area contributed by atoms with Crippen LogP contribution in [0.5, 0.6) is 0 Å². The Balaban J connectivity index is 1.90. The highest BCUT2D eigenvalue weighted by Crippen LogP contribution is 2.25. The maximum Gasteiger partial charge on any atom is 0.00129 e. The van der Waals surface area contributed by atoms with Crippen molar-refractivity contribution < 1.29 is 0 Å². The van der Waals surface area contributed by atoms with Crippen molar-refractivity contribution in [2.75, 3.05) is 19.6 Å². The standard InChI is InChI=1S/C27H47N/c1-6-7-8-9-10-11-14-25(22-28-19-12-13-23(2)21-28)20-24-15-17-26(18-16-24)27(3,4)5/h15-18,23,25H,6-14,19-22H2,1-5H3. The maximum absolute atomic E-state index is 2.76. The fourth-order valence-corrected chi connectivity index (χ4v) is 4.76. The lowest BCUT2D eigenvalue weighted by molar-refractivity contribution is 0.154. The summed E-state index contributed by atoms with van der Waals surface area (Å²) in [5, 5.41) is 0. The first kappa shape index (κ1) is 23.5. The average Bonchev–Trinajstić information content (AvgIpc) is 2.64. The molecular weight excluding hydrogens is 338 g/mol. The van der Waals surface area contributed by atoms with Crippen LogP contribution in [0.3, 0.4) is 0 Å². The molecule has 1 heterocycles. The number of unbranched alkanes of at least 4 members (excludes halogenated alkanes) is 5. The van der Waals surface area contributed by atoms with Gasteiger partial charge in [0.05, 0.1) is 0 Å². The number of hydrogen-bond donors (Lipinski definition) is 0. The predicted molar refractivity (Wildman–Crippen MR) is 125 cm³/mol. The Morgan fingerprint density at radius 2 is 1.68 bits per heavy atom. The number of benzene rings is 1. The lowest BCUT2D eigenvalue weighted by Gasteiger charge is -2.34. The fourth-order valence-electron chi connectivity index (χ4n) is 4.76. The van der Waals surface area contributed by atoms with E-state index < -0.39 is 0 Å². The molecule has 1 heteroatoms. The van der Waals surface area contributed by atoms with Crippen molar-refractivity contribution >= 4 is 0 Å². The van der Waals surface area contributed by atoms with Gasteiger partial charge in [-0.15, -0.1) is 0 Å². The monoisotopic (exact) mass is 385 g/mol. The molecule has 28 heavy (non-hydrogen) atoms. The molecule has 1 aliphatic heterocycles. The Labute approximate surface area is 176 Å². The third-order valence-electron chi connectivity index (χ3n) is 6.57. The van der Waals surface area contributed by atoms with Gasteiger partial charge in [-0.3, -0.25) is 0 Å². The van der Waals surface area contributed by atoms with Crippen LogP contribution >= 0.6 is 0 Å². The number of likely N-dealkylation sites (tertiary alicyclic amines) is 1. The molecule has 0 aromatic heterocycles. The first-order valence-corrected chi connectivity index (χ1v) is 12.2. The molecule has 0 bridgehead atoms. The van der Waals surface area contributed by atoms with E-state index in [-0.39, 0.29) is 5.41 Å². The Morgan fingerprint density at radius 1 is 1.00 bits per heavy atom. The van der Waals surface area contributed by atoms with Crippen LogP contribution in [0.4, 0.5) is 0 Å². The highest BCUT2D eigenvalue weighted by molar-refractivity contribution is 5.27. The quantitative estimate of drug-likeness (QED) is 0.354. The largest absolute Gasteiger partial charge is 0.303 e. The lowest BCUT2D eigenvalue weighted by Crippen LogP contribution is -2.38. The maximum atomic E-state index is 2.76. The van der Waals surface area contributed by atoms with Gasteiger partial charge in [0.15, 0.2) is 0 Å². The number of rotatable bonds is 11. The molecule has 0 saturated carbocycles. The van der Waals surface area contributed by atoms with E-state index >= 15 is 0 Å². The van der Waals surface area contributed by atoms with E-state index in [9.17, 15) is 0 Å². The van der Waals surface area contributed by atoms with Crippen LogP contribution in [0.15, 0.2) is 24.3 Å². The first-order chi connectivity index (χ1) is 13.4. The van der Waals surface area contributed by atoms with Crippen molar-refractivity contribution in [3.8, 4) is 0 Å². The zero-order valence-corrected chi connectivity index (χ0v) is 19.6. The molecule has 1 aliphatic rings. The molecule has 2 unspecified atom stereocenters. The normalized spacial score (nSPS) is 19.7. The van der Waals surface area contributed by atoms with Crippen LogP contribution in [-0.4, -0.2) is 24.5 Å². The minimum absolute atomic E-state index is 0.250. The summed E-state index contributed by atoms with van der Waals surface area (Å²) < 4.78 is 0. The molecule has 0 N–H and O–H groups in total. The smallest absolute Gasteiger partial charge is 0.00129 e. The lowest BCUT2D eigenvalue weighted by atomic mass is 9.85. The van der Waals surface area contributed by atoms with Gasteiger partial charge in [-0.2, -0.15) is 0 Å². The molecule has 0 amide bonds. The molecule has 2 atom stereocenters. The number of hydrogen-bond acceptors (Lipinski definition) is 1. The molecule has 0 spiro atoms. The molecule has 160 valence electrons. The van der Waals surface area contributed by atoms with E-state index in [1.807, 2.05) is 0 Å². The summed E-state index contributed by atoms with van der Waals surface area (Å²) in [6.45, 7) is 15.6. The van der Waals surface area contributed by atoms with E-state index in [4.69, 9.17) is 0 Å². The van der Waals surface area contributed by atoms with Crippen LogP contribution in [0.25, 0.3) is 0 Å². The Morgan fingerprint density at radius 3 is 2.32 bits per heavy atom. The fraction of sp³-hybridized carbons (Fsp3) is 0.778. The zero-order valence-electron chi connectivity index (χ0n) is 19.6. The molecule has 0 aliphatic carbocycles. The van der Waals surface area contributed by atoms with Crippen molar-refractivity contribution in [3.05, 3.63) is 35.4 Å². The molecule has 1 nitrogen and oxygen atoms in total. The van der Waals surface area contributed by atoms with Gasteiger partial charge in [0.2, 0.25) is 0 Å². The SMILES string of the molecule is CCCCCCCCC(Cc1ccc(C(C)(C)C)cc1)CN1CCCC(C)C1. The van der Waals surface area contributed by atoms with Crippen LogP contribution in [-0.2, 0) is 11.8 Å². The second-order valence-electron chi connectivity index (χ2n) is 10.6. The number of nitrogens with zero attached hydrogens (tertiary/aromatic N) is 1. The van der Waals surface area contributed by atoms with Gasteiger partial charge in [0, 0.05) is 13.1 Å². The summed E-state index contributed by atoms with van der Waals surface area (Å²) in [5.74, 6) is 1.70. The number of piperidine rings is 1. The summed E-state index contributed by atoms with van der Waals surface area (Å²) >= 11 is 0. The van der Waals surface area contributed by atoms with Crippen molar-refractivity contribution in [3.63, 3.8) is 0 Å². The average molecular weight is 386 g/mol. The summed E-state index contributed by atoms with van der Waals surface area (Å²) in [4.78, 5) is 2.76. The van der Waals surface area contributed by atoms with Crippen LogP contribution < -0.4 is 0 Å². The summed E-state index contributed by atoms with van der Waals surface area (Å²) in [7, 11) is 0. The van der Waals surface area contributed by atoms with Crippen molar-refractivity contribution in [1.29, 1.82) is 0 Å². The molecule has 1 fully saturated rings. The highest BCUT2D eigenvalue weighted by Gasteiger charge is 2.20. The van der Waals surface area contributed by atoms with E-state index in [1.54, 1.807) is 0 Å². The third-order valence-corrected chi connectivity index (χ3v) is 6.57. The van der Waals surface area contributed by atoms with Crippen molar-refractivity contribution in [2.24, 2.45) is 11.8 Å². The zero-order chi connectivity index (χ0) is 20.4. The summed E-state index contributed by atoms with van der Waals surface area (Å²) in [6.07, 6.45) is 13.9. The molecule has 2 rings (SSSR count). The van der Waals surface area contributed by atoms with Gasteiger partial charge >= 0.3 is 0 Å². The highest BCUT2D eigenvalue weighted by atomic mass is 15.1. The molecule has 0 radical (unpaired) electrons. The second kappa shape index (κ2) is 12.0. The van der Waals surface area contributed by atoms with E-state index in [2.05, 4.69) is 63.8 Å². The van der Waals surface area contributed by atoms with Gasteiger partial charge < -0.3 is 4.90 Å². The minimum atomic E-state index is 0.250. The molecular formula is C27H47N. The minimum Gasteiger partial charge on any atom is -0.303 e. The van der Waals surface area contributed by atoms with E-state index in [1.165, 1.54) is 95.0 Å². The molecule has 1 saturated heterocycles. The van der Waals surface area contributed by atoms with Gasteiger partial charge in [-0.25, -0.2) is 0 Å². The van der Waals surface area contributed by atoms with Gasteiger partial charge in [0.25, 0.3) is 0 Å². The van der Waals surface area contributed by atoms with Crippen LogP contribution in [0.2, 0.25) is 0 Å². The Kier molecular flexibility index (Phi) is 10.1.